The van der Waals surface area contributed by atoms with E-state index in [1.165, 1.54) is 18.6 Å². The van der Waals surface area contributed by atoms with Crippen molar-refractivity contribution in [3.05, 3.63) is 22.6 Å². The van der Waals surface area contributed by atoms with Crippen molar-refractivity contribution < 1.29 is 29.8 Å². The Hall–Kier alpha value is -2.38. The number of ether oxygens (including phenoxy) is 1. The smallest absolute Gasteiger partial charge is 0.300 e. The van der Waals surface area contributed by atoms with Gasteiger partial charge in [-0.05, 0) is 6.92 Å². The van der Waals surface area contributed by atoms with Gasteiger partial charge in [0.15, 0.2) is 17.7 Å². The van der Waals surface area contributed by atoms with E-state index in [2.05, 4.69) is 15.4 Å². The molecule has 136 valence electrons. The molecule has 0 saturated carbocycles. The molecule has 3 heterocycles. The molecule has 0 radical (unpaired) electrons. The molecule has 1 fully saturated rings. The van der Waals surface area contributed by atoms with E-state index in [1.54, 1.807) is 0 Å². The molecule has 25 heavy (non-hydrogen) atoms. The van der Waals surface area contributed by atoms with E-state index in [0.29, 0.717) is 0 Å². The molecule has 0 amide bonds. The average molecular weight is 355 g/mol. The van der Waals surface area contributed by atoms with Crippen LogP contribution in [0.2, 0.25) is 0 Å². The number of fused-ring (bicyclic) bond motifs is 1. The van der Waals surface area contributed by atoms with Crippen LogP contribution in [0.3, 0.4) is 0 Å². The number of hydrogen-bond donors (Lipinski definition) is 4. The molecule has 3 rings (SSSR count). The van der Waals surface area contributed by atoms with Crippen molar-refractivity contribution in [2.75, 3.05) is 19.2 Å². The van der Waals surface area contributed by atoms with Gasteiger partial charge in [-0.25, -0.2) is 15.4 Å². The van der Waals surface area contributed by atoms with Gasteiger partial charge in [-0.1, -0.05) is 0 Å². The van der Waals surface area contributed by atoms with Crippen LogP contribution in [0.4, 0.5) is 11.5 Å². The van der Waals surface area contributed by atoms with Crippen LogP contribution in [0, 0.1) is 10.1 Å². The van der Waals surface area contributed by atoms with Crippen LogP contribution in [0.15, 0.2) is 12.5 Å². The second-order valence-corrected chi connectivity index (χ2v) is 5.79. The lowest BCUT2D eigenvalue weighted by Crippen LogP contribution is -2.44. The molecular formula is C13H17N5O7. The van der Waals surface area contributed by atoms with Gasteiger partial charge in [-0.3, -0.25) is 19.5 Å². The summed E-state index contributed by atoms with van der Waals surface area (Å²) in [6, 6.07) is 0. The van der Waals surface area contributed by atoms with Crippen molar-refractivity contribution in [1.82, 2.24) is 14.5 Å². The molecule has 0 aromatic carbocycles. The van der Waals surface area contributed by atoms with Gasteiger partial charge < -0.3 is 20.1 Å². The highest BCUT2D eigenvalue weighted by Gasteiger charge is 2.53. The minimum atomic E-state index is -1.81. The van der Waals surface area contributed by atoms with Crippen molar-refractivity contribution >= 4 is 22.5 Å². The zero-order valence-corrected chi connectivity index (χ0v) is 13.4. The van der Waals surface area contributed by atoms with Crippen LogP contribution in [0.1, 0.15) is 13.2 Å². The first-order valence-electron chi connectivity index (χ1n) is 7.28. The van der Waals surface area contributed by atoms with Gasteiger partial charge in [-0.15, -0.1) is 0 Å². The van der Waals surface area contributed by atoms with Crippen LogP contribution in [0.5, 0.6) is 0 Å². The highest BCUT2D eigenvalue weighted by atomic mass is 16.6. The highest BCUT2D eigenvalue weighted by molar-refractivity contribution is 5.95. The van der Waals surface area contributed by atoms with Crippen molar-refractivity contribution in [2.45, 2.75) is 31.0 Å². The number of aliphatic hydroxyl groups excluding tert-OH is 2. The maximum Gasteiger partial charge on any atom is 0.300 e. The van der Waals surface area contributed by atoms with Crippen LogP contribution < -0.4 is 5.48 Å². The van der Waals surface area contributed by atoms with Gasteiger partial charge in [0, 0.05) is 0 Å². The van der Waals surface area contributed by atoms with Crippen LogP contribution in [-0.2, 0) is 9.57 Å². The van der Waals surface area contributed by atoms with Crippen molar-refractivity contribution in [3.8, 4) is 0 Å². The lowest BCUT2D eigenvalue weighted by atomic mass is 9.96. The van der Waals surface area contributed by atoms with Gasteiger partial charge in [0.2, 0.25) is 0 Å². The molecule has 4 N–H and O–H groups in total. The molecule has 0 aliphatic carbocycles. The zero-order chi connectivity index (χ0) is 18.4. The number of hydrogen-bond acceptors (Lipinski definition) is 10. The van der Waals surface area contributed by atoms with Crippen molar-refractivity contribution in [3.63, 3.8) is 0 Å². The standard InChI is InChI=1S/C13H17N5O7/c1-13(21)9(20)7(4-19)25-12(13)17-3-6(18(22)23)8-10(16-24-2)14-5-15-11(8)17/h3,5,7,9,12,19-21H,4H2,1-2H3,(H,14,15,16). The third-order valence-corrected chi connectivity index (χ3v) is 4.17. The lowest BCUT2D eigenvalue weighted by Gasteiger charge is -2.27. The average Bonchev–Trinajstić information content (AvgIpc) is 3.05. The fourth-order valence-electron chi connectivity index (χ4n) is 2.95. The molecular weight excluding hydrogens is 338 g/mol. The van der Waals surface area contributed by atoms with Gasteiger partial charge in [0.05, 0.1) is 24.8 Å². The zero-order valence-electron chi connectivity index (χ0n) is 13.4. The van der Waals surface area contributed by atoms with Crippen LogP contribution in [0.25, 0.3) is 11.0 Å². The summed E-state index contributed by atoms with van der Waals surface area (Å²) >= 11 is 0. The Bertz CT molecular complexity index is 807. The third kappa shape index (κ3) is 2.60. The van der Waals surface area contributed by atoms with E-state index in [0.717, 1.165) is 12.5 Å². The number of anilines is 1. The molecule has 12 heteroatoms. The molecule has 4 atom stereocenters. The van der Waals surface area contributed by atoms with Gasteiger partial charge in [0.1, 0.15) is 29.5 Å². The Morgan fingerprint density at radius 2 is 2.28 bits per heavy atom. The number of aromatic nitrogens is 3. The van der Waals surface area contributed by atoms with E-state index >= 15 is 0 Å². The van der Waals surface area contributed by atoms with E-state index in [4.69, 9.17) is 9.57 Å². The minimum absolute atomic E-state index is 0.0516. The van der Waals surface area contributed by atoms with E-state index in [-0.39, 0.29) is 22.5 Å². The van der Waals surface area contributed by atoms with Gasteiger partial charge >= 0.3 is 0 Å². The molecule has 4 unspecified atom stereocenters. The first-order valence-corrected chi connectivity index (χ1v) is 7.28. The second kappa shape index (κ2) is 6.16. The molecule has 0 bridgehead atoms. The van der Waals surface area contributed by atoms with Crippen LogP contribution >= 0.6 is 0 Å². The topological polar surface area (TPSA) is 165 Å². The normalized spacial score (nSPS) is 29.2. The number of aliphatic hydroxyl groups is 3. The van der Waals surface area contributed by atoms with Crippen LogP contribution in [-0.4, -0.2) is 66.3 Å². The molecule has 2 aromatic rings. The summed E-state index contributed by atoms with van der Waals surface area (Å²) in [4.78, 5) is 23.5. The van der Waals surface area contributed by atoms with Crippen molar-refractivity contribution in [1.29, 1.82) is 0 Å². The molecule has 1 saturated heterocycles. The van der Waals surface area contributed by atoms with E-state index in [1.807, 2.05) is 0 Å². The number of nitrogens with zero attached hydrogens (tertiary/aromatic N) is 4. The Labute approximate surface area is 140 Å². The summed E-state index contributed by atoms with van der Waals surface area (Å²) < 4.78 is 6.73. The monoisotopic (exact) mass is 355 g/mol. The van der Waals surface area contributed by atoms with E-state index in [9.17, 15) is 25.4 Å². The predicted octanol–water partition coefficient (Wildman–Crippen LogP) is -0.686. The third-order valence-electron chi connectivity index (χ3n) is 4.17. The summed E-state index contributed by atoms with van der Waals surface area (Å²) in [6.45, 7) is 0.783. The number of nitrogens with one attached hydrogen (secondary N) is 1. The molecule has 1 aliphatic heterocycles. The molecule has 1 aliphatic rings. The fraction of sp³-hybridized carbons (Fsp3) is 0.538. The minimum Gasteiger partial charge on any atom is -0.394 e. The summed E-state index contributed by atoms with van der Waals surface area (Å²) in [5.74, 6) is 0.0647. The summed E-state index contributed by atoms with van der Waals surface area (Å²) in [5, 5.41) is 41.5. The fourth-order valence-corrected chi connectivity index (χ4v) is 2.95. The Balaban J connectivity index is 2.21. The Kier molecular flexibility index (Phi) is 4.30. The van der Waals surface area contributed by atoms with E-state index < -0.39 is 35.6 Å². The molecule has 2 aromatic heterocycles. The van der Waals surface area contributed by atoms with Crippen molar-refractivity contribution in [2.24, 2.45) is 0 Å². The summed E-state index contributed by atoms with van der Waals surface area (Å²) in [7, 11) is 1.32. The first kappa shape index (κ1) is 17.4. The predicted molar refractivity (Wildman–Crippen MR) is 82.4 cm³/mol. The maximum atomic E-state index is 11.4. The lowest BCUT2D eigenvalue weighted by molar-refractivity contribution is -0.383. The number of nitro groups is 1. The number of rotatable bonds is 5. The van der Waals surface area contributed by atoms with Gasteiger partial charge in [-0.2, -0.15) is 0 Å². The SMILES string of the molecule is CONc1ncnc2c1c([N+](=O)[O-])cn2C1OC(CO)C(O)C1(C)O. The molecule has 12 nitrogen and oxygen atoms in total. The summed E-state index contributed by atoms with van der Waals surface area (Å²) in [5.41, 5.74) is 0.383. The highest BCUT2D eigenvalue weighted by Crippen LogP contribution is 2.42. The largest absolute Gasteiger partial charge is 0.394 e. The second-order valence-electron chi connectivity index (χ2n) is 5.79. The Morgan fingerprint density at radius 1 is 1.56 bits per heavy atom. The summed E-state index contributed by atoms with van der Waals surface area (Å²) in [6.07, 6.45) is -1.35. The van der Waals surface area contributed by atoms with Gasteiger partial charge in [0.25, 0.3) is 5.69 Å². The first-order chi connectivity index (χ1) is 11.8. The Morgan fingerprint density at radius 3 is 2.84 bits per heavy atom. The maximum absolute atomic E-state index is 11.4. The quantitative estimate of drug-likeness (QED) is 0.398. The molecule has 0 spiro atoms.